The second-order valence-corrected chi connectivity index (χ2v) is 4.69. The van der Waals surface area contributed by atoms with Crippen LogP contribution in [0.15, 0.2) is 24.3 Å². The average Bonchev–Trinajstić information content (AvgIpc) is 2.30. The SMILES string of the molecule is Cc1ccc(C2CCC(C=N)CC2)cc1. The first-order valence-electron chi connectivity index (χ1n) is 5.87. The predicted octanol–water partition coefficient (Wildman–Crippen LogP) is 3.92. The molecule has 1 aromatic rings. The molecule has 1 aliphatic rings. The Morgan fingerprint density at radius 3 is 2.20 bits per heavy atom. The maximum absolute atomic E-state index is 7.27. The first kappa shape index (κ1) is 10.4. The summed E-state index contributed by atoms with van der Waals surface area (Å²) in [5.41, 5.74) is 2.83. The molecule has 1 fully saturated rings. The fourth-order valence-corrected chi connectivity index (χ4v) is 2.46. The van der Waals surface area contributed by atoms with Crippen LogP contribution in [0, 0.1) is 18.3 Å². The third-order valence-corrected chi connectivity index (χ3v) is 3.56. The molecule has 0 unspecified atom stereocenters. The van der Waals surface area contributed by atoms with E-state index in [0.29, 0.717) is 5.92 Å². The van der Waals surface area contributed by atoms with Gasteiger partial charge in [-0.05, 0) is 56.2 Å². The van der Waals surface area contributed by atoms with E-state index in [-0.39, 0.29) is 0 Å². The molecule has 0 heterocycles. The Morgan fingerprint density at radius 1 is 1.07 bits per heavy atom. The lowest BCUT2D eigenvalue weighted by molar-refractivity contribution is 0.396. The summed E-state index contributed by atoms with van der Waals surface area (Å²) >= 11 is 0. The van der Waals surface area contributed by atoms with Gasteiger partial charge in [0, 0.05) is 0 Å². The first-order chi connectivity index (χ1) is 7.29. The van der Waals surface area contributed by atoms with E-state index in [4.69, 9.17) is 5.41 Å². The highest BCUT2D eigenvalue weighted by Gasteiger charge is 2.20. The van der Waals surface area contributed by atoms with Crippen LogP contribution in [0.1, 0.15) is 42.7 Å². The average molecular weight is 201 g/mol. The van der Waals surface area contributed by atoms with Gasteiger partial charge in [0.15, 0.2) is 0 Å². The van der Waals surface area contributed by atoms with Crippen molar-refractivity contribution in [3.63, 3.8) is 0 Å². The molecule has 0 spiro atoms. The summed E-state index contributed by atoms with van der Waals surface area (Å²) in [4.78, 5) is 0. The number of hydrogen-bond donors (Lipinski definition) is 1. The zero-order valence-corrected chi connectivity index (χ0v) is 9.37. The molecule has 80 valence electrons. The van der Waals surface area contributed by atoms with Gasteiger partial charge in [-0.3, -0.25) is 0 Å². The quantitative estimate of drug-likeness (QED) is 0.701. The summed E-state index contributed by atoms with van der Waals surface area (Å²) in [7, 11) is 0. The maximum atomic E-state index is 7.27. The van der Waals surface area contributed by atoms with Gasteiger partial charge in [0.25, 0.3) is 0 Å². The number of rotatable bonds is 2. The molecule has 1 heteroatoms. The summed E-state index contributed by atoms with van der Waals surface area (Å²) in [6.07, 6.45) is 6.53. The first-order valence-corrected chi connectivity index (χ1v) is 5.87. The van der Waals surface area contributed by atoms with Crippen LogP contribution in [0.4, 0.5) is 0 Å². The third-order valence-electron chi connectivity index (χ3n) is 3.56. The summed E-state index contributed by atoms with van der Waals surface area (Å²) in [6, 6.07) is 8.95. The van der Waals surface area contributed by atoms with E-state index in [1.54, 1.807) is 6.21 Å². The summed E-state index contributed by atoms with van der Waals surface area (Å²) in [5.74, 6) is 1.29. The lowest BCUT2D eigenvalue weighted by atomic mass is 9.79. The van der Waals surface area contributed by atoms with Crippen molar-refractivity contribution in [2.24, 2.45) is 5.92 Å². The van der Waals surface area contributed by atoms with Crippen LogP contribution < -0.4 is 0 Å². The van der Waals surface area contributed by atoms with Gasteiger partial charge in [0.05, 0.1) is 0 Å². The highest BCUT2D eigenvalue weighted by Crippen LogP contribution is 2.34. The molecule has 0 saturated heterocycles. The van der Waals surface area contributed by atoms with Crippen molar-refractivity contribution in [2.75, 3.05) is 0 Å². The van der Waals surface area contributed by atoms with E-state index < -0.39 is 0 Å². The van der Waals surface area contributed by atoms with Gasteiger partial charge in [-0.2, -0.15) is 0 Å². The second-order valence-electron chi connectivity index (χ2n) is 4.69. The van der Waals surface area contributed by atoms with Gasteiger partial charge in [-0.1, -0.05) is 29.8 Å². The summed E-state index contributed by atoms with van der Waals surface area (Å²) < 4.78 is 0. The van der Waals surface area contributed by atoms with Crippen molar-refractivity contribution in [3.05, 3.63) is 35.4 Å². The van der Waals surface area contributed by atoms with E-state index in [1.165, 1.54) is 36.8 Å². The van der Waals surface area contributed by atoms with Crippen LogP contribution in [-0.4, -0.2) is 6.21 Å². The van der Waals surface area contributed by atoms with Crippen LogP contribution in [0.3, 0.4) is 0 Å². The van der Waals surface area contributed by atoms with Crippen molar-refractivity contribution in [2.45, 2.75) is 38.5 Å². The van der Waals surface area contributed by atoms with Crippen LogP contribution >= 0.6 is 0 Å². The van der Waals surface area contributed by atoms with E-state index in [1.807, 2.05) is 0 Å². The Kier molecular flexibility index (Phi) is 3.20. The van der Waals surface area contributed by atoms with Crippen LogP contribution in [0.25, 0.3) is 0 Å². The zero-order chi connectivity index (χ0) is 10.7. The molecular weight excluding hydrogens is 182 g/mol. The normalized spacial score (nSPS) is 26.2. The zero-order valence-electron chi connectivity index (χ0n) is 9.37. The van der Waals surface area contributed by atoms with Crippen LogP contribution in [-0.2, 0) is 0 Å². The molecule has 0 atom stereocenters. The monoisotopic (exact) mass is 201 g/mol. The van der Waals surface area contributed by atoms with E-state index in [0.717, 1.165) is 5.92 Å². The molecule has 1 nitrogen and oxygen atoms in total. The standard InChI is InChI=1S/C14H19N/c1-11-2-6-13(7-3-11)14-8-4-12(10-15)5-9-14/h2-3,6-7,10,12,14-15H,4-5,8-9H2,1H3. The topological polar surface area (TPSA) is 23.9 Å². The number of nitrogens with one attached hydrogen (secondary N) is 1. The minimum absolute atomic E-state index is 0.548. The highest BCUT2D eigenvalue weighted by atomic mass is 14.4. The highest BCUT2D eigenvalue weighted by molar-refractivity contribution is 5.56. The van der Waals surface area contributed by atoms with Gasteiger partial charge in [0.2, 0.25) is 0 Å². The second kappa shape index (κ2) is 4.61. The number of benzene rings is 1. The van der Waals surface area contributed by atoms with E-state index >= 15 is 0 Å². The Labute approximate surface area is 92.0 Å². The number of aryl methyl sites for hydroxylation is 1. The van der Waals surface area contributed by atoms with Crippen molar-refractivity contribution in [1.29, 1.82) is 5.41 Å². The molecule has 1 N–H and O–H groups in total. The minimum atomic E-state index is 0.548. The van der Waals surface area contributed by atoms with E-state index in [2.05, 4.69) is 31.2 Å². The third kappa shape index (κ3) is 2.47. The van der Waals surface area contributed by atoms with Gasteiger partial charge in [0.1, 0.15) is 0 Å². The molecule has 1 aliphatic carbocycles. The molecular formula is C14H19N. The predicted molar refractivity (Wildman–Crippen MR) is 64.7 cm³/mol. The Bertz CT molecular complexity index is 318. The lowest BCUT2D eigenvalue weighted by Crippen LogP contribution is -2.13. The molecule has 1 aromatic carbocycles. The van der Waals surface area contributed by atoms with Crippen molar-refractivity contribution >= 4 is 6.21 Å². The maximum Gasteiger partial charge on any atom is -0.00167 e. The fourth-order valence-electron chi connectivity index (χ4n) is 2.46. The van der Waals surface area contributed by atoms with Crippen LogP contribution in [0.2, 0.25) is 0 Å². The molecule has 0 amide bonds. The van der Waals surface area contributed by atoms with Crippen molar-refractivity contribution < 1.29 is 0 Å². The van der Waals surface area contributed by atoms with Crippen molar-refractivity contribution in [3.8, 4) is 0 Å². The van der Waals surface area contributed by atoms with Gasteiger partial charge in [-0.15, -0.1) is 0 Å². The Balaban J connectivity index is 2.01. The van der Waals surface area contributed by atoms with Crippen LogP contribution in [0.5, 0.6) is 0 Å². The summed E-state index contributed by atoms with van der Waals surface area (Å²) in [6.45, 7) is 2.13. The largest absolute Gasteiger partial charge is 0.313 e. The molecule has 0 aliphatic heterocycles. The molecule has 2 rings (SSSR count). The van der Waals surface area contributed by atoms with Gasteiger partial charge >= 0.3 is 0 Å². The lowest BCUT2D eigenvalue weighted by Gasteiger charge is -2.26. The Hall–Kier alpha value is -1.11. The molecule has 0 bridgehead atoms. The number of hydrogen-bond acceptors (Lipinski definition) is 1. The van der Waals surface area contributed by atoms with Gasteiger partial charge in [-0.25, -0.2) is 0 Å². The molecule has 1 saturated carbocycles. The van der Waals surface area contributed by atoms with E-state index in [9.17, 15) is 0 Å². The van der Waals surface area contributed by atoms with Gasteiger partial charge < -0.3 is 5.41 Å². The Morgan fingerprint density at radius 2 is 1.67 bits per heavy atom. The van der Waals surface area contributed by atoms with Crippen molar-refractivity contribution in [1.82, 2.24) is 0 Å². The summed E-state index contributed by atoms with van der Waals surface area (Å²) in [5, 5.41) is 7.27. The minimum Gasteiger partial charge on any atom is -0.313 e. The molecule has 15 heavy (non-hydrogen) atoms. The molecule has 0 radical (unpaired) electrons. The smallest absolute Gasteiger partial charge is 0.00167 e. The molecule has 0 aromatic heterocycles. The fraction of sp³-hybridized carbons (Fsp3) is 0.500.